The zero-order valence-electron chi connectivity index (χ0n) is 13.9. The summed E-state index contributed by atoms with van der Waals surface area (Å²) in [6, 6.07) is 12.2. The Morgan fingerprint density at radius 2 is 1.76 bits per heavy atom. The molecule has 0 amide bonds. The third-order valence-electron chi connectivity index (χ3n) is 4.20. The summed E-state index contributed by atoms with van der Waals surface area (Å²) >= 11 is 1.89. The van der Waals surface area contributed by atoms with Crippen LogP contribution in [0.4, 0.5) is 0 Å². The molecule has 0 spiro atoms. The van der Waals surface area contributed by atoms with Crippen LogP contribution < -0.4 is 5.32 Å². The number of aryl methyl sites for hydroxylation is 3. The maximum Gasteiger partial charge on any atom is 0.0323 e. The van der Waals surface area contributed by atoms with Crippen LogP contribution in [-0.4, -0.2) is 0 Å². The minimum Gasteiger partial charge on any atom is -0.303 e. The van der Waals surface area contributed by atoms with E-state index in [-0.39, 0.29) is 0 Å². The SMILES string of the molecule is CCc1ccc(C(CC)NC(C)c2cc(C)sc2C)cc1. The van der Waals surface area contributed by atoms with Crippen LogP contribution in [0.3, 0.4) is 0 Å². The standard InChI is InChI=1S/C19H27NS/c1-6-16-8-10-17(11-9-16)19(7-2)20-14(4)18-12-13(3)21-15(18)5/h8-12,14,19-20H,6-7H2,1-5H3. The first-order valence-corrected chi connectivity index (χ1v) is 8.78. The third kappa shape index (κ3) is 3.96. The van der Waals surface area contributed by atoms with Gasteiger partial charge in [0.2, 0.25) is 0 Å². The summed E-state index contributed by atoms with van der Waals surface area (Å²) in [6.45, 7) is 11.1. The van der Waals surface area contributed by atoms with E-state index in [4.69, 9.17) is 0 Å². The number of hydrogen-bond donors (Lipinski definition) is 1. The highest BCUT2D eigenvalue weighted by molar-refractivity contribution is 7.12. The highest BCUT2D eigenvalue weighted by Gasteiger charge is 2.16. The molecule has 1 heterocycles. The predicted molar refractivity (Wildman–Crippen MR) is 94.2 cm³/mol. The highest BCUT2D eigenvalue weighted by Crippen LogP contribution is 2.29. The maximum atomic E-state index is 3.80. The van der Waals surface area contributed by atoms with Gasteiger partial charge in [0.1, 0.15) is 0 Å². The Morgan fingerprint density at radius 3 is 2.24 bits per heavy atom. The summed E-state index contributed by atoms with van der Waals surface area (Å²) < 4.78 is 0. The molecule has 0 fully saturated rings. The van der Waals surface area contributed by atoms with Crippen molar-refractivity contribution in [3.63, 3.8) is 0 Å². The number of benzene rings is 1. The lowest BCUT2D eigenvalue weighted by Crippen LogP contribution is -2.24. The molecule has 2 rings (SSSR count). The van der Waals surface area contributed by atoms with Crippen molar-refractivity contribution in [2.45, 2.75) is 59.5 Å². The predicted octanol–water partition coefficient (Wildman–Crippen LogP) is 5.73. The summed E-state index contributed by atoms with van der Waals surface area (Å²) in [7, 11) is 0. The molecule has 2 atom stereocenters. The van der Waals surface area contributed by atoms with Crippen LogP contribution in [0.2, 0.25) is 0 Å². The molecule has 0 aliphatic heterocycles. The average molecular weight is 301 g/mol. The normalized spacial score (nSPS) is 14.1. The quantitative estimate of drug-likeness (QED) is 0.718. The van der Waals surface area contributed by atoms with Gasteiger partial charge < -0.3 is 5.32 Å². The Labute approximate surface area is 133 Å². The fourth-order valence-electron chi connectivity index (χ4n) is 2.91. The van der Waals surface area contributed by atoms with E-state index in [0.717, 1.165) is 12.8 Å². The van der Waals surface area contributed by atoms with Crippen LogP contribution in [0.25, 0.3) is 0 Å². The largest absolute Gasteiger partial charge is 0.303 e. The Bertz CT molecular complexity index is 568. The van der Waals surface area contributed by atoms with E-state index in [1.165, 1.54) is 26.4 Å². The van der Waals surface area contributed by atoms with Gasteiger partial charge >= 0.3 is 0 Å². The van der Waals surface area contributed by atoms with Crippen molar-refractivity contribution in [2.24, 2.45) is 0 Å². The van der Waals surface area contributed by atoms with Crippen molar-refractivity contribution < 1.29 is 0 Å². The molecular formula is C19H27NS. The monoisotopic (exact) mass is 301 g/mol. The Hall–Kier alpha value is -1.12. The summed E-state index contributed by atoms with van der Waals surface area (Å²) in [6.07, 6.45) is 2.21. The Morgan fingerprint density at radius 1 is 1.10 bits per heavy atom. The second kappa shape index (κ2) is 7.24. The van der Waals surface area contributed by atoms with Crippen molar-refractivity contribution in [3.8, 4) is 0 Å². The van der Waals surface area contributed by atoms with Crippen LogP contribution in [0.1, 0.15) is 65.7 Å². The van der Waals surface area contributed by atoms with E-state index in [9.17, 15) is 0 Å². The number of thiophene rings is 1. The number of nitrogens with one attached hydrogen (secondary N) is 1. The van der Waals surface area contributed by atoms with Crippen molar-refractivity contribution in [3.05, 3.63) is 56.8 Å². The Balaban J connectivity index is 2.12. The second-order valence-corrected chi connectivity index (χ2v) is 7.27. The summed E-state index contributed by atoms with van der Waals surface area (Å²) in [5.74, 6) is 0. The first-order valence-electron chi connectivity index (χ1n) is 7.97. The van der Waals surface area contributed by atoms with Gasteiger partial charge in [-0.05, 0) is 56.4 Å². The topological polar surface area (TPSA) is 12.0 Å². The molecule has 0 aliphatic rings. The molecule has 1 nitrogen and oxygen atoms in total. The molecule has 2 aromatic rings. The van der Waals surface area contributed by atoms with Crippen LogP contribution in [-0.2, 0) is 6.42 Å². The van der Waals surface area contributed by atoms with E-state index >= 15 is 0 Å². The van der Waals surface area contributed by atoms with Crippen molar-refractivity contribution >= 4 is 11.3 Å². The van der Waals surface area contributed by atoms with Gasteiger partial charge in [-0.15, -0.1) is 11.3 Å². The van der Waals surface area contributed by atoms with Gasteiger partial charge in [-0.3, -0.25) is 0 Å². The minimum atomic E-state index is 0.394. The van der Waals surface area contributed by atoms with Crippen LogP contribution in [0.5, 0.6) is 0 Å². The van der Waals surface area contributed by atoms with Crippen molar-refractivity contribution in [2.75, 3.05) is 0 Å². The van der Waals surface area contributed by atoms with Crippen LogP contribution >= 0.6 is 11.3 Å². The molecule has 1 aromatic carbocycles. The number of rotatable bonds is 6. The fourth-order valence-corrected chi connectivity index (χ4v) is 3.93. The Kier molecular flexibility index (Phi) is 5.60. The van der Waals surface area contributed by atoms with Gasteiger partial charge in [0.05, 0.1) is 0 Å². The molecule has 1 aromatic heterocycles. The van der Waals surface area contributed by atoms with E-state index in [0.29, 0.717) is 12.1 Å². The van der Waals surface area contributed by atoms with E-state index < -0.39 is 0 Å². The van der Waals surface area contributed by atoms with Gasteiger partial charge in [-0.1, -0.05) is 38.1 Å². The molecule has 0 saturated heterocycles. The van der Waals surface area contributed by atoms with E-state index in [2.05, 4.69) is 70.3 Å². The van der Waals surface area contributed by atoms with Crippen molar-refractivity contribution in [1.29, 1.82) is 0 Å². The lowest BCUT2D eigenvalue weighted by Gasteiger charge is -2.23. The van der Waals surface area contributed by atoms with E-state index in [1.54, 1.807) is 0 Å². The molecule has 0 saturated carbocycles. The highest BCUT2D eigenvalue weighted by atomic mass is 32.1. The summed E-state index contributed by atoms with van der Waals surface area (Å²) in [4.78, 5) is 2.83. The molecule has 114 valence electrons. The molecule has 0 radical (unpaired) electrons. The minimum absolute atomic E-state index is 0.394. The van der Waals surface area contributed by atoms with Gasteiger partial charge in [0, 0.05) is 21.8 Å². The van der Waals surface area contributed by atoms with Crippen LogP contribution in [0.15, 0.2) is 30.3 Å². The average Bonchev–Trinajstić information content (AvgIpc) is 2.83. The number of hydrogen-bond acceptors (Lipinski definition) is 2. The first kappa shape index (κ1) is 16.3. The maximum absolute atomic E-state index is 3.80. The molecular weight excluding hydrogens is 274 g/mol. The van der Waals surface area contributed by atoms with Gasteiger partial charge in [-0.2, -0.15) is 0 Å². The molecule has 2 unspecified atom stereocenters. The second-order valence-electron chi connectivity index (χ2n) is 5.81. The molecule has 0 aliphatic carbocycles. The fraction of sp³-hybridized carbons (Fsp3) is 0.474. The zero-order valence-corrected chi connectivity index (χ0v) is 14.7. The lowest BCUT2D eigenvalue weighted by atomic mass is 10.00. The van der Waals surface area contributed by atoms with Gasteiger partial charge in [-0.25, -0.2) is 0 Å². The molecule has 0 bridgehead atoms. The first-order chi connectivity index (χ1) is 10.0. The van der Waals surface area contributed by atoms with Gasteiger partial charge in [0.15, 0.2) is 0 Å². The van der Waals surface area contributed by atoms with E-state index in [1.807, 2.05) is 11.3 Å². The van der Waals surface area contributed by atoms with Gasteiger partial charge in [0.25, 0.3) is 0 Å². The third-order valence-corrected chi connectivity index (χ3v) is 5.18. The van der Waals surface area contributed by atoms with Crippen LogP contribution in [0, 0.1) is 13.8 Å². The zero-order chi connectivity index (χ0) is 15.4. The smallest absolute Gasteiger partial charge is 0.0323 e. The van der Waals surface area contributed by atoms with Crippen molar-refractivity contribution in [1.82, 2.24) is 5.32 Å². The summed E-state index contributed by atoms with van der Waals surface area (Å²) in [5, 5.41) is 3.80. The lowest BCUT2D eigenvalue weighted by molar-refractivity contribution is 0.456. The molecule has 2 heteroatoms. The summed E-state index contributed by atoms with van der Waals surface area (Å²) in [5.41, 5.74) is 4.25. The molecule has 21 heavy (non-hydrogen) atoms. The molecule has 1 N–H and O–H groups in total.